The van der Waals surface area contributed by atoms with E-state index in [1.807, 2.05) is 0 Å². The molecule has 0 bridgehead atoms. The minimum Gasteiger partial charge on any atom is -0.399 e. The van der Waals surface area contributed by atoms with Crippen molar-refractivity contribution in [3.63, 3.8) is 0 Å². The van der Waals surface area contributed by atoms with E-state index in [-0.39, 0.29) is 24.7 Å². The molecule has 0 radical (unpaired) electrons. The van der Waals surface area contributed by atoms with Crippen LogP contribution in [0.5, 0.6) is 0 Å². The molecule has 0 amide bonds. The first-order valence-corrected chi connectivity index (χ1v) is 7.49. The van der Waals surface area contributed by atoms with Gasteiger partial charge in [-0.1, -0.05) is 0 Å². The first-order chi connectivity index (χ1) is 8.95. The van der Waals surface area contributed by atoms with E-state index in [0.717, 1.165) is 5.56 Å². The lowest BCUT2D eigenvalue weighted by atomic mass is 10.2. The number of nitrogens with two attached hydrogens (primary N) is 1. The normalized spacial score (nSPS) is 11.7. The Morgan fingerprint density at radius 3 is 2.68 bits per heavy atom. The predicted octanol–water partition coefficient (Wildman–Crippen LogP) is 0.255. The van der Waals surface area contributed by atoms with Crippen LogP contribution in [0.4, 0.5) is 5.69 Å². The highest BCUT2D eigenvalue weighted by Crippen LogP contribution is 2.15. The van der Waals surface area contributed by atoms with E-state index in [0.29, 0.717) is 18.7 Å². The van der Waals surface area contributed by atoms with Crippen molar-refractivity contribution in [3.05, 3.63) is 23.8 Å². The van der Waals surface area contributed by atoms with Crippen molar-refractivity contribution in [2.75, 3.05) is 32.1 Å². The molecule has 0 spiro atoms. The maximum atomic E-state index is 12.0. The van der Waals surface area contributed by atoms with Gasteiger partial charge in [0, 0.05) is 18.8 Å². The average Bonchev–Trinajstić information content (AvgIpc) is 2.32. The van der Waals surface area contributed by atoms with Gasteiger partial charge in [0.15, 0.2) is 0 Å². The lowest BCUT2D eigenvalue weighted by Crippen LogP contribution is -2.25. The highest BCUT2D eigenvalue weighted by Gasteiger charge is 2.14. The molecule has 4 N–H and O–H groups in total. The number of aryl methyl sites for hydroxylation is 1. The van der Waals surface area contributed by atoms with Crippen molar-refractivity contribution in [2.45, 2.75) is 18.2 Å². The van der Waals surface area contributed by atoms with Gasteiger partial charge in [-0.15, -0.1) is 0 Å². The lowest BCUT2D eigenvalue weighted by molar-refractivity contribution is 0.0913. The topological polar surface area (TPSA) is 102 Å². The minimum absolute atomic E-state index is 0.0334. The fraction of sp³-hybridized carbons (Fsp3) is 0.500. The zero-order chi connectivity index (χ0) is 14.3. The maximum absolute atomic E-state index is 12.0. The average molecular weight is 288 g/mol. The molecule has 0 heterocycles. The van der Waals surface area contributed by atoms with Crippen LogP contribution in [0.1, 0.15) is 12.0 Å². The molecule has 108 valence electrons. The van der Waals surface area contributed by atoms with Gasteiger partial charge < -0.3 is 15.6 Å². The third-order valence-corrected chi connectivity index (χ3v) is 3.82. The van der Waals surface area contributed by atoms with Crippen LogP contribution >= 0.6 is 0 Å². The fourth-order valence-corrected chi connectivity index (χ4v) is 2.77. The Kier molecular flexibility index (Phi) is 6.23. The molecule has 1 rings (SSSR count). The number of aliphatic hydroxyl groups excluding tert-OH is 1. The van der Waals surface area contributed by atoms with Gasteiger partial charge in [0.05, 0.1) is 18.1 Å². The number of hydrogen-bond acceptors (Lipinski definition) is 5. The molecule has 0 unspecified atom stereocenters. The van der Waals surface area contributed by atoms with E-state index in [2.05, 4.69) is 4.72 Å². The quantitative estimate of drug-likeness (QED) is 0.470. The Hall–Kier alpha value is -1.15. The second kappa shape index (κ2) is 7.44. The molecule has 0 atom stereocenters. The minimum atomic E-state index is -3.53. The number of hydrogen-bond donors (Lipinski definition) is 3. The summed E-state index contributed by atoms with van der Waals surface area (Å²) in [6.07, 6.45) is 0.542. The van der Waals surface area contributed by atoms with Crippen LogP contribution in [0.25, 0.3) is 0 Å². The molecule has 1 aromatic rings. The second-order valence-corrected chi connectivity index (χ2v) is 5.93. The monoisotopic (exact) mass is 288 g/mol. The van der Waals surface area contributed by atoms with E-state index in [9.17, 15) is 8.42 Å². The molecule has 0 saturated carbocycles. The van der Waals surface area contributed by atoms with Crippen molar-refractivity contribution in [1.82, 2.24) is 4.72 Å². The van der Waals surface area contributed by atoms with Gasteiger partial charge in [-0.25, -0.2) is 13.1 Å². The van der Waals surface area contributed by atoms with Crippen LogP contribution < -0.4 is 10.5 Å². The number of rotatable bonds is 8. The third-order valence-electron chi connectivity index (χ3n) is 2.38. The number of nitrogen functional groups attached to an aromatic ring is 1. The Labute approximate surface area is 113 Å². The van der Waals surface area contributed by atoms with Gasteiger partial charge in [0.25, 0.3) is 0 Å². The van der Waals surface area contributed by atoms with Gasteiger partial charge in [0.2, 0.25) is 10.0 Å². The van der Waals surface area contributed by atoms with Crippen molar-refractivity contribution in [2.24, 2.45) is 0 Å². The van der Waals surface area contributed by atoms with Crippen LogP contribution in [0.2, 0.25) is 0 Å². The molecule has 19 heavy (non-hydrogen) atoms. The summed E-state index contributed by atoms with van der Waals surface area (Å²) in [4.78, 5) is 0.168. The van der Waals surface area contributed by atoms with Crippen molar-refractivity contribution >= 4 is 15.7 Å². The highest BCUT2D eigenvalue weighted by molar-refractivity contribution is 7.89. The zero-order valence-corrected chi connectivity index (χ0v) is 11.7. The summed E-state index contributed by atoms with van der Waals surface area (Å²) in [5.41, 5.74) is 6.85. The molecule has 0 aliphatic rings. The first kappa shape index (κ1) is 15.9. The molecule has 0 aliphatic carbocycles. The van der Waals surface area contributed by atoms with Gasteiger partial charge in [-0.3, -0.25) is 0 Å². The summed E-state index contributed by atoms with van der Waals surface area (Å²) in [6, 6.07) is 4.71. The van der Waals surface area contributed by atoms with Crippen LogP contribution in [0.3, 0.4) is 0 Å². The van der Waals surface area contributed by atoms with E-state index >= 15 is 0 Å². The largest absolute Gasteiger partial charge is 0.399 e. The standard InChI is InChI=1S/C12H20N2O4S/c1-10-7-11(13)9-12(8-10)19(16,17)14-3-2-5-18-6-4-15/h7-9,14-15H,2-6,13H2,1H3. The SMILES string of the molecule is Cc1cc(N)cc(S(=O)(=O)NCCCOCCO)c1. The number of ether oxygens (including phenoxy) is 1. The van der Waals surface area contributed by atoms with Crippen LogP contribution in [-0.4, -0.2) is 39.9 Å². The molecule has 1 aromatic carbocycles. The van der Waals surface area contributed by atoms with Gasteiger partial charge >= 0.3 is 0 Å². The summed E-state index contributed by atoms with van der Waals surface area (Å²) in [5.74, 6) is 0. The Morgan fingerprint density at radius 1 is 1.32 bits per heavy atom. The van der Waals surface area contributed by atoms with Crippen molar-refractivity contribution in [3.8, 4) is 0 Å². The van der Waals surface area contributed by atoms with Crippen molar-refractivity contribution < 1.29 is 18.3 Å². The molecule has 0 aliphatic heterocycles. The van der Waals surface area contributed by atoms with Gasteiger partial charge in [0.1, 0.15) is 0 Å². The molecule has 0 saturated heterocycles. The van der Waals surface area contributed by atoms with E-state index in [4.69, 9.17) is 15.6 Å². The summed E-state index contributed by atoms with van der Waals surface area (Å²) >= 11 is 0. The van der Waals surface area contributed by atoms with Crippen LogP contribution in [-0.2, 0) is 14.8 Å². The summed E-state index contributed by atoms with van der Waals surface area (Å²) in [6.45, 7) is 2.70. The number of sulfonamides is 1. The number of anilines is 1. The van der Waals surface area contributed by atoms with Crippen LogP contribution in [0.15, 0.2) is 23.1 Å². The molecule has 6 nitrogen and oxygen atoms in total. The highest BCUT2D eigenvalue weighted by atomic mass is 32.2. The van der Waals surface area contributed by atoms with E-state index < -0.39 is 10.0 Å². The smallest absolute Gasteiger partial charge is 0.240 e. The Balaban J connectivity index is 2.51. The predicted molar refractivity (Wildman–Crippen MR) is 73.3 cm³/mol. The lowest BCUT2D eigenvalue weighted by Gasteiger charge is -2.08. The fourth-order valence-electron chi connectivity index (χ4n) is 1.56. The molecular formula is C12H20N2O4S. The maximum Gasteiger partial charge on any atom is 0.240 e. The summed E-state index contributed by atoms with van der Waals surface area (Å²) in [7, 11) is -3.53. The first-order valence-electron chi connectivity index (χ1n) is 6.01. The molecule has 0 fully saturated rings. The van der Waals surface area contributed by atoms with Gasteiger partial charge in [-0.05, 0) is 37.1 Å². The molecule has 0 aromatic heterocycles. The number of benzene rings is 1. The van der Waals surface area contributed by atoms with Crippen molar-refractivity contribution in [1.29, 1.82) is 0 Å². The molecule has 7 heteroatoms. The van der Waals surface area contributed by atoms with E-state index in [1.165, 1.54) is 6.07 Å². The Morgan fingerprint density at radius 2 is 2.05 bits per heavy atom. The summed E-state index contributed by atoms with van der Waals surface area (Å²) < 4.78 is 31.5. The second-order valence-electron chi connectivity index (χ2n) is 4.17. The Bertz CT molecular complexity index is 482. The number of nitrogens with one attached hydrogen (secondary N) is 1. The summed E-state index contributed by atoms with van der Waals surface area (Å²) in [5, 5.41) is 8.50. The zero-order valence-electron chi connectivity index (χ0n) is 10.9. The molecular weight excluding hydrogens is 268 g/mol. The third kappa shape index (κ3) is 5.56. The number of aliphatic hydroxyl groups is 1. The van der Waals surface area contributed by atoms with E-state index in [1.54, 1.807) is 19.1 Å². The van der Waals surface area contributed by atoms with Gasteiger partial charge in [-0.2, -0.15) is 0 Å². The van der Waals surface area contributed by atoms with Crippen LogP contribution in [0, 0.1) is 6.92 Å².